The Morgan fingerprint density at radius 2 is 1.94 bits per heavy atom. The highest BCUT2D eigenvalue weighted by Crippen LogP contribution is 2.33. The number of nitro groups is 1. The number of fused-ring (bicyclic) bond motifs is 1. The number of nitrogens with zero attached hydrogens (tertiary/aromatic N) is 5. The zero-order valence-electron chi connectivity index (χ0n) is 18.1. The van der Waals surface area contributed by atoms with E-state index in [-0.39, 0.29) is 5.69 Å². The summed E-state index contributed by atoms with van der Waals surface area (Å²) in [5.41, 5.74) is 2.00. The molecule has 2 heterocycles. The summed E-state index contributed by atoms with van der Waals surface area (Å²) in [6.07, 6.45) is 2.23. The van der Waals surface area contributed by atoms with Crippen molar-refractivity contribution in [2.75, 3.05) is 24.4 Å². The summed E-state index contributed by atoms with van der Waals surface area (Å²) < 4.78 is 13.1. The number of anilines is 3. The third kappa shape index (κ3) is 4.37. The number of carbonyl (C=O) groups excluding carboxylic acids is 1. The number of aromatic nitrogens is 3. The Morgan fingerprint density at radius 3 is 2.67 bits per heavy atom. The summed E-state index contributed by atoms with van der Waals surface area (Å²) in [6, 6.07) is 13.1. The van der Waals surface area contributed by atoms with Crippen LogP contribution in [-0.2, 0) is 11.8 Å². The van der Waals surface area contributed by atoms with Crippen LogP contribution in [0, 0.1) is 10.1 Å². The lowest BCUT2D eigenvalue weighted by molar-refractivity contribution is -0.384. The van der Waals surface area contributed by atoms with Gasteiger partial charge in [0.2, 0.25) is 12.4 Å². The van der Waals surface area contributed by atoms with E-state index in [1.807, 2.05) is 23.7 Å². The van der Waals surface area contributed by atoms with Crippen LogP contribution >= 0.6 is 0 Å². The second-order valence-electron chi connectivity index (χ2n) is 7.08. The molecule has 11 nitrogen and oxygen atoms in total. The molecule has 0 unspecified atom stereocenters. The minimum atomic E-state index is -0.481. The smallest absolute Gasteiger partial charge is 0.273 e. The molecule has 0 atom stereocenters. The molecule has 4 aromatic rings. The maximum Gasteiger partial charge on any atom is 0.273 e. The van der Waals surface area contributed by atoms with Crippen molar-refractivity contribution in [2.45, 2.75) is 0 Å². The number of rotatable bonds is 8. The molecule has 1 N–H and O–H groups in total. The number of ether oxygens (including phenoxy) is 2. The Bertz CT molecular complexity index is 1350. The maximum absolute atomic E-state index is 11.0. The average molecular weight is 448 g/mol. The number of nitrogens with one attached hydrogen (secondary N) is 1. The Balaban J connectivity index is 1.61. The minimum absolute atomic E-state index is 0.0669. The molecule has 0 aliphatic carbocycles. The lowest BCUT2D eigenvalue weighted by Gasteiger charge is -2.11. The molecule has 0 fully saturated rings. The summed E-state index contributed by atoms with van der Waals surface area (Å²) in [7, 11) is 4.90. The Labute approximate surface area is 188 Å². The van der Waals surface area contributed by atoms with Crippen LogP contribution in [0.25, 0.3) is 11.0 Å². The van der Waals surface area contributed by atoms with E-state index in [0.29, 0.717) is 46.6 Å². The van der Waals surface area contributed by atoms with E-state index in [2.05, 4.69) is 15.3 Å². The number of methoxy groups -OCH3 is 1. The number of benzene rings is 2. The number of imidazole rings is 1. The standard InChI is InChI=1S/C22H20N6O5/c1-26(13-29)21-12-16(8-9-23-21)33-15-5-7-19-18(11-15)25-22(27(19)2)24-17-6-4-14(28(30)31)10-20(17)32-3/h4-13H,1-3H3,(H,24,25). The topological polar surface area (TPSA) is 125 Å². The highest BCUT2D eigenvalue weighted by molar-refractivity contribution is 5.82. The quantitative estimate of drug-likeness (QED) is 0.243. The van der Waals surface area contributed by atoms with Crippen LogP contribution in [0.15, 0.2) is 54.7 Å². The summed E-state index contributed by atoms with van der Waals surface area (Å²) in [5.74, 6) is 2.40. The van der Waals surface area contributed by atoms with Crippen LogP contribution in [0.2, 0.25) is 0 Å². The maximum atomic E-state index is 11.0. The van der Waals surface area contributed by atoms with Crippen molar-refractivity contribution in [2.24, 2.45) is 7.05 Å². The first kappa shape index (κ1) is 21.6. The van der Waals surface area contributed by atoms with Crippen molar-refractivity contribution in [3.05, 3.63) is 64.8 Å². The van der Waals surface area contributed by atoms with Crippen molar-refractivity contribution < 1.29 is 19.2 Å². The third-order valence-electron chi connectivity index (χ3n) is 4.97. The molecule has 2 aromatic heterocycles. The molecule has 168 valence electrons. The number of amides is 1. The van der Waals surface area contributed by atoms with Crippen LogP contribution in [0.3, 0.4) is 0 Å². The molecule has 0 aliphatic rings. The highest BCUT2D eigenvalue weighted by atomic mass is 16.6. The van der Waals surface area contributed by atoms with Crippen molar-refractivity contribution >= 4 is 40.6 Å². The van der Waals surface area contributed by atoms with Gasteiger partial charge in [-0.3, -0.25) is 14.9 Å². The first-order chi connectivity index (χ1) is 15.9. The van der Waals surface area contributed by atoms with Gasteiger partial charge in [0.1, 0.15) is 23.1 Å². The van der Waals surface area contributed by atoms with Gasteiger partial charge in [0.15, 0.2) is 0 Å². The van der Waals surface area contributed by atoms with E-state index in [1.165, 1.54) is 24.1 Å². The summed E-state index contributed by atoms with van der Waals surface area (Å²) in [5, 5.41) is 14.2. The largest absolute Gasteiger partial charge is 0.494 e. The van der Waals surface area contributed by atoms with Crippen molar-refractivity contribution in [1.82, 2.24) is 14.5 Å². The van der Waals surface area contributed by atoms with Crippen LogP contribution in [0.4, 0.5) is 23.1 Å². The average Bonchev–Trinajstić information content (AvgIpc) is 3.13. The fraction of sp³-hybridized carbons (Fsp3) is 0.136. The molecule has 0 aliphatic heterocycles. The predicted molar refractivity (Wildman–Crippen MR) is 122 cm³/mol. The first-order valence-electron chi connectivity index (χ1n) is 9.77. The number of carbonyl (C=O) groups is 1. The van der Waals surface area contributed by atoms with Gasteiger partial charge in [0.05, 0.1) is 34.8 Å². The predicted octanol–water partition coefficient (Wildman–Crippen LogP) is 4.01. The van der Waals surface area contributed by atoms with E-state index in [1.54, 1.807) is 37.5 Å². The molecule has 0 saturated carbocycles. The van der Waals surface area contributed by atoms with Crippen molar-refractivity contribution in [3.63, 3.8) is 0 Å². The van der Waals surface area contributed by atoms with E-state index in [4.69, 9.17) is 9.47 Å². The van der Waals surface area contributed by atoms with Crippen molar-refractivity contribution in [1.29, 1.82) is 0 Å². The molecule has 2 aromatic carbocycles. The molecule has 11 heteroatoms. The molecule has 0 bridgehead atoms. The van der Waals surface area contributed by atoms with Gasteiger partial charge >= 0.3 is 0 Å². The first-order valence-corrected chi connectivity index (χ1v) is 9.77. The van der Waals surface area contributed by atoms with Gasteiger partial charge in [-0.1, -0.05) is 0 Å². The van der Waals surface area contributed by atoms with Crippen LogP contribution in [-0.4, -0.2) is 40.0 Å². The number of non-ortho nitro benzene ring substituents is 1. The molecular weight excluding hydrogens is 428 g/mol. The fourth-order valence-corrected chi connectivity index (χ4v) is 3.22. The number of hydrogen-bond acceptors (Lipinski definition) is 8. The number of pyridine rings is 1. The van der Waals surface area contributed by atoms with E-state index in [9.17, 15) is 14.9 Å². The molecule has 0 spiro atoms. The highest BCUT2D eigenvalue weighted by Gasteiger charge is 2.15. The SMILES string of the molecule is COc1cc([N+](=O)[O-])ccc1Nc1nc2cc(Oc3ccnc(N(C)C=O)c3)ccc2n1C. The van der Waals surface area contributed by atoms with Gasteiger partial charge in [0, 0.05) is 38.5 Å². The lowest BCUT2D eigenvalue weighted by Crippen LogP contribution is -2.14. The van der Waals surface area contributed by atoms with Gasteiger partial charge in [0.25, 0.3) is 5.69 Å². The second-order valence-corrected chi connectivity index (χ2v) is 7.08. The zero-order valence-corrected chi connectivity index (χ0v) is 18.1. The van der Waals surface area contributed by atoms with Gasteiger partial charge in [-0.05, 0) is 24.3 Å². The van der Waals surface area contributed by atoms with E-state index < -0.39 is 4.92 Å². The fourth-order valence-electron chi connectivity index (χ4n) is 3.22. The summed E-state index contributed by atoms with van der Waals surface area (Å²) >= 11 is 0. The Hall–Kier alpha value is -4.67. The van der Waals surface area contributed by atoms with Crippen LogP contribution in [0.5, 0.6) is 17.2 Å². The molecule has 4 rings (SSSR count). The van der Waals surface area contributed by atoms with E-state index >= 15 is 0 Å². The zero-order chi connectivity index (χ0) is 23.5. The summed E-state index contributed by atoms with van der Waals surface area (Å²) in [4.78, 5) is 31.6. The third-order valence-corrected chi connectivity index (χ3v) is 4.97. The molecule has 1 amide bonds. The number of hydrogen-bond donors (Lipinski definition) is 1. The van der Waals surface area contributed by atoms with Crippen LogP contribution in [0.1, 0.15) is 0 Å². The Kier molecular flexibility index (Phi) is 5.77. The number of nitro benzene ring substituents is 1. The molecule has 33 heavy (non-hydrogen) atoms. The summed E-state index contributed by atoms with van der Waals surface area (Å²) in [6.45, 7) is 0. The minimum Gasteiger partial charge on any atom is -0.494 e. The van der Waals surface area contributed by atoms with Gasteiger partial charge in [-0.15, -0.1) is 0 Å². The second kappa shape index (κ2) is 8.83. The molecule has 0 saturated heterocycles. The van der Waals surface area contributed by atoms with E-state index in [0.717, 1.165) is 5.52 Å². The van der Waals surface area contributed by atoms with Crippen molar-refractivity contribution in [3.8, 4) is 17.2 Å². The van der Waals surface area contributed by atoms with Crippen LogP contribution < -0.4 is 19.7 Å². The molecular formula is C22H20N6O5. The van der Waals surface area contributed by atoms with Gasteiger partial charge < -0.3 is 24.3 Å². The van der Waals surface area contributed by atoms with Gasteiger partial charge in [-0.2, -0.15) is 0 Å². The normalized spacial score (nSPS) is 10.6. The Morgan fingerprint density at radius 1 is 1.15 bits per heavy atom. The lowest BCUT2D eigenvalue weighted by atomic mass is 10.2. The molecule has 0 radical (unpaired) electrons. The number of aryl methyl sites for hydroxylation is 1. The van der Waals surface area contributed by atoms with Gasteiger partial charge in [-0.25, -0.2) is 9.97 Å². The monoisotopic (exact) mass is 448 g/mol.